The Morgan fingerprint density at radius 3 is 1.54 bits per heavy atom. The summed E-state index contributed by atoms with van der Waals surface area (Å²) in [6, 6.07) is 25.0. The fourth-order valence-electron chi connectivity index (χ4n) is 6.71. The summed E-state index contributed by atoms with van der Waals surface area (Å²) in [5.74, 6) is -0.445. The number of aromatic nitrogens is 4. The van der Waals surface area contributed by atoms with E-state index in [1.54, 1.807) is 12.4 Å². The lowest BCUT2D eigenvalue weighted by Crippen LogP contribution is -2.33. The lowest BCUT2D eigenvalue weighted by Gasteiger charge is -2.20. The van der Waals surface area contributed by atoms with E-state index in [0.29, 0.717) is 50.7 Å². The van der Waals surface area contributed by atoms with Gasteiger partial charge in [-0.1, -0.05) is 48.5 Å². The van der Waals surface area contributed by atoms with Crippen LogP contribution in [0.25, 0.3) is 22.1 Å². The second-order valence-electron chi connectivity index (χ2n) is 13.3. The summed E-state index contributed by atoms with van der Waals surface area (Å²) in [6.07, 6.45) is -4.92. The van der Waals surface area contributed by atoms with Crippen molar-refractivity contribution < 1.29 is 40.7 Å². The summed E-state index contributed by atoms with van der Waals surface area (Å²) in [7, 11) is 0. The number of halogens is 6. The number of fused-ring (bicyclic) bond motifs is 2. The number of amides is 2. The molecule has 2 aromatic heterocycles. The van der Waals surface area contributed by atoms with Crippen LogP contribution in [0.3, 0.4) is 0 Å². The van der Waals surface area contributed by atoms with Gasteiger partial charge < -0.3 is 25.2 Å². The molecule has 4 aromatic carbocycles. The van der Waals surface area contributed by atoms with Crippen molar-refractivity contribution >= 4 is 45.5 Å². The Morgan fingerprint density at radius 2 is 1.04 bits per heavy atom. The molecule has 0 bridgehead atoms. The molecule has 0 unspecified atom stereocenters. The molecule has 2 aliphatic rings. The first kappa shape index (κ1) is 38.7. The van der Waals surface area contributed by atoms with E-state index in [1.165, 1.54) is 46.2 Å². The number of rotatable bonds is 7. The van der Waals surface area contributed by atoms with Gasteiger partial charge in [-0.2, -0.15) is 13.2 Å². The van der Waals surface area contributed by atoms with Gasteiger partial charge in [-0.05, 0) is 61.4 Å². The Balaban J connectivity index is 0.000000174. The third-order valence-corrected chi connectivity index (χ3v) is 9.36. The molecule has 57 heavy (non-hydrogen) atoms. The molecule has 0 saturated carbocycles. The van der Waals surface area contributed by atoms with Crippen molar-refractivity contribution in [2.45, 2.75) is 37.5 Å². The van der Waals surface area contributed by atoms with Crippen molar-refractivity contribution in [3.63, 3.8) is 0 Å². The molecule has 2 atom stereocenters. The average Bonchev–Trinajstić information content (AvgIpc) is 3.87. The number of para-hydroxylation sites is 5. The van der Waals surface area contributed by atoms with Gasteiger partial charge in [0.05, 0.1) is 51.2 Å². The third kappa shape index (κ3) is 9.48. The summed E-state index contributed by atoms with van der Waals surface area (Å²) >= 11 is 0. The summed E-state index contributed by atoms with van der Waals surface area (Å²) in [5, 5.41) is 6.47. The Labute approximate surface area is 321 Å². The lowest BCUT2D eigenvalue weighted by atomic mass is 10.1. The molecule has 8 rings (SSSR count). The van der Waals surface area contributed by atoms with Crippen molar-refractivity contribution in [1.29, 1.82) is 0 Å². The third-order valence-electron chi connectivity index (χ3n) is 9.36. The van der Waals surface area contributed by atoms with Crippen LogP contribution in [0, 0.1) is 0 Å². The minimum absolute atomic E-state index is 0.0786. The molecule has 4 heterocycles. The minimum Gasteiger partial charge on any atom is -0.405 e. The number of alkyl halides is 6. The molecule has 2 N–H and O–H groups in total. The number of ether oxygens (including phenoxy) is 1. The number of nitrogens with one attached hydrogen (secondary N) is 2. The van der Waals surface area contributed by atoms with Crippen molar-refractivity contribution in [2.75, 3.05) is 36.8 Å². The lowest BCUT2D eigenvalue weighted by molar-refractivity contribution is -0.274. The SMILES string of the molecule is O=C(c1ccccc1C(F)(F)F)N1CC[C@@H](Nc2cnc3ccccc3n2)C1.O=C(c1ccccc1OC(F)(F)F)N1CC[C@@H](Nc2cnc3ccccc3n2)C1. The highest BCUT2D eigenvalue weighted by Gasteiger charge is 2.38. The number of carbonyl (C=O) groups excluding carboxylic acids is 2. The first-order valence-electron chi connectivity index (χ1n) is 17.9. The highest BCUT2D eigenvalue weighted by Crippen LogP contribution is 2.33. The second-order valence-corrected chi connectivity index (χ2v) is 13.3. The van der Waals surface area contributed by atoms with Crippen LogP contribution >= 0.6 is 0 Å². The smallest absolute Gasteiger partial charge is 0.405 e. The van der Waals surface area contributed by atoms with E-state index in [1.807, 2.05) is 48.5 Å². The van der Waals surface area contributed by atoms with Gasteiger partial charge in [-0.3, -0.25) is 19.6 Å². The van der Waals surface area contributed by atoms with Crippen molar-refractivity contribution in [2.24, 2.45) is 0 Å². The fourth-order valence-corrected chi connectivity index (χ4v) is 6.71. The molecule has 2 amide bonds. The van der Waals surface area contributed by atoms with Gasteiger partial charge in [0, 0.05) is 38.3 Å². The van der Waals surface area contributed by atoms with E-state index in [2.05, 4.69) is 35.3 Å². The molecule has 2 saturated heterocycles. The van der Waals surface area contributed by atoms with Gasteiger partial charge in [0.1, 0.15) is 17.4 Å². The Bertz CT molecular complexity index is 2390. The fraction of sp³-hybridized carbons (Fsp3) is 0.250. The first-order valence-corrected chi connectivity index (χ1v) is 17.9. The number of carbonyl (C=O) groups is 2. The molecular formula is C40H34F6N8O3. The highest BCUT2D eigenvalue weighted by molar-refractivity contribution is 5.97. The van der Waals surface area contributed by atoms with E-state index in [9.17, 15) is 35.9 Å². The monoisotopic (exact) mass is 788 g/mol. The zero-order valence-corrected chi connectivity index (χ0v) is 30.0. The molecule has 2 fully saturated rings. The average molecular weight is 789 g/mol. The van der Waals surface area contributed by atoms with E-state index < -0.39 is 35.7 Å². The van der Waals surface area contributed by atoms with E-state index in [0.717, 1.165) is 34.2 Å². The molecule has 294 valence electrons. The highest BCUT2D eigenvalue weighted by atomic mass is 19.4. The molecule has 6 aromatic rings. The van der Waals surface area contributed by atoms with Crippen molar-refractivity contribution in [3.05, 3.63) is 126 Å². The van der Waals surface area contributed by atoms with Gasteiger partial charge in [0.25, 0.3) is 11.8 Å². The van der Waals surface area contributed by atoms with Crippen LogP contribution in [0.1, 0.15) is 39.1 Å². The summed E-state index contributed by atoms with van der Waals surface area (Å²) in [5.41, 5.74) is 1.72. The van der Waals surface area contributed by atoms with Gasteiger partial charge in [-0.25, -0.2) is 9.97 Å². The Kier molecular flexibility index (Phi) is 11.1. The standard InChI is InChI=1S/C20H17F3N4O2.C20H17F3N4O/c21-20(22,23)29-17-8-4-1-5-14(17)19(28)27-10-9-13(12-27)25-18-11-24-15-6-2-3-7-16(15)26-18;21-20(22,23)15-6-2-1-5-14(15)19(28)27-10-9-13(12-27)25-18-11-24-16-7-3-4-8-17(16)26-18/h1-8,11,13H,9-10,12H2,(H,25,26);1-8,11,13H,9-10,12H2,(H,25,26)/t2*13-/m11/s1. The van der Waals surface area contributed by atoms with Crippen molar-refractivity contribution in [3.8, 4) is 5.75 Å². The van der Waals surface area contributed by atoms with Gasteiger partial charge in [0.2, 0.25) is 0 Å². The predicted octanol–water partition coefficient (Wildman–Crippen LogP) is 7.83. The zero-order valence-electron chi connectivity index (χ0n) is 30.0. The molecule has 11 nitrogen and oxygen atoms in total. The van der Waals surface area contributed by atoms with Crippen LogP contribution in [0.2, 0.25) is 0 Å². The largest absolute Gasteiger partial charge is 0.573 e. The quantitative estimate of drug-likeness (QED) is 0.156. The number of likely N-dealkylation sites (tertiary alicyclic amines) is 2. The number of hydrogen-bond acceptors (Lipinski definition) is 9. The minimum atomic E-state index is -4.86. The maximum atomic E-state index is 13.2. The van der Waals surface area contributed by atoms with Gasteiger partial charge >= 0.3 is 12.5 Å². The number of hydrogen-bond donors (Lipinski definition) is 2. The molecule has 0 aliphatic carbocycles. The van der Waals surface area contributed by atoms with E-state index in [4.69, 9.17) is 0 Å². The van der Waals surface area contributed by atoms with Crippen LogP contribution in [0.5, 0.6) is 5.75 Å². The molecular weight excluding hydrogens is 754 g/mol. The van der Waals surface area contributed by atoms with Gasteiger partial charge in [0.15, 0.2) is 0 Å². The van der Waals surface area contributed by atoms with Crippen LogP contribution < -0.4 is 15.4 Å². The summed E-state index contributed by atoms with van der Waals surface area (Å²) < 4.78 is 81.4. The van der Waals surface area contributed by atoms with E-state index >= 15 is 0 Å². The topological polar surface area (TPSA) is 125 Å². The molecule has 0 radical (unpaired) electrons. The van der Waals surface area contributed by atoms with Crippen LogP contribution in [-0.4, -0.2) is 86.2 Å². The Morgan fingerprint density at radius 1 is 0.596 bits per heavy atom. The first-order chi connectivity index (χ1) is 27.3. The number of nitrogens with zero attached hydrogens (tertiary/aromatic N) is 6. The predicted molar refractivity (Wildman–Crippen MR) is 200 cm³/mol. The van der Waals surface area contributed by atoms with Crippen LogP contribution in [0.4, 0.5) is 38.0 Å². The Hall–Kier alpha value is -6.52. The molecule has 2 aliphatic heterocycles. The second kappa shape index (κ2) is 16.3. The van der Waals surface area contributed by atoms with Crippen molar-refractivity contribution in [1.82, 2.24) is 29.7 Å². The number of anilines is 2. The summed E-state index contributed by atoms with van der Waals surface area (Å²) in [6.45, 7) is 1.44. The zero-order chi connectivity index (χ0) is 40.2. The maximum absolute atomic E-state index is 13.2. The van der Waals surface area contributed by atoms with Crippen LogP contribution in [-0.2, 0) is 6.18 Å². The maximum Gasteiger partial charge on any atom is 0.573 e. The summed E-state index contributed by atoms with van der Waals surface area (Å²) in [4.78, 5) is 46.0. The van der Waals surface area contributed by atoms with E-state index in [-0.39, 0.29) is 23.2 Å². The van der Waals surface area contributed by atoms with Gasteiger partial charge in [-0.15, -0.1) is 13.2 Å². The molecule has 0 spiro atoms. The number of benzene rings is 4. The molecule has 17 heteroatoms. The normalized spacial score (nSPS) is 16.9. The van der Waals surface area contributed by atoms with Crippen LogP contribution in [0.15, 0.2) is 109 Å².